The number of benzene rings is 6. The van der Waals surface area contributed by atoms with Gasteiger partial charge in [0, 0.05) is 63.1 Å². The zero-order chi connectivity index (χ0) is 46.8. The van der Waals surface area contributed by atoms with Crippen LogP contribution in [0.3, 0.4) is 0 Å². The Balaban J connectivity index is 0.986. The molecule has 70 heavy (non-hydrogen) atoms. The smallest absolute Gasteiger partial charge is 0.137 e. The van der Waals surface area contributed by atoms with E-state index >= 15 is 0 Å². The van der Waals surface area contributed by atoms with Crippen LogP contribution < -0.4 is 11.5 Å². The molecule has 10 aromatic rings. The number of aryl methyl sites for hydroxylation is 6. The second-order valence-corrected chi connectivity index (χ2v) is 20.1. The standard InChI is InChI=1S/C64H52N6/c1-37-25-27-67-59(29-37)69-57-23-18-42(40-11-8-12-44(31-40)47-13-6-7-14-55(47)65)33-51(57)53-35-45-15-21-49-62-46(16-20-48(61(45)62)63(53)69)36-54-52-34-43(41-17-22-56(66)50(32-41)39-9-4-3-5-10-39)19-24-58(52)70(64(49)54)60-30-38(2)26-28-68-60/h3-10,12-14,17-19,22-36,40,47,55H,11,15-16,20-21,65-66H2,1-2H3. The van der Waals surface area contributed by atoms with Crippen LogP contribution in [0.25, 0.3) is 88.6 Å². The predicted octanol–water partition coefficient (Wildman–Crippen LogP) is 14.1. The number of nitrogens with two attached hydrogens (primary N) is 2. The van der Waals surface area contributed by atoms with Crippen LogP contribution in [-0.2, 0) is 25.7 Å². The molecule has 4 heterocycles. The Morgan fingerprint density at radius 2 is 1.19 bits per heavy atom. The number of nitrogen functional groups attached to an aromatic ring is 1. The molecular weight excluding hydrogens is 853 g/mol. The molecule has 6 nitrogen and oxygen atoms in total. The van der Waals surface area contributed by atoms with E-state index in [1.165, 1.54) is 105 Å². The Kier molecular flexibility index (Phi) is 9.21. The SMILES string of the molecule is Cc1ccnc(-n2c3ccc(-c4ccc(N)c(-c5ccccc5)c4)cc3c3cc4c5c(c32)CCc2cc3c6cc(C7C=C(C8C=CC=CC8N)C=CC7)ccc6n(-c6cc(C)ccn6)c3c(c2-5)CC4)c1. The third-order valence-corrected chi connectivity index (χ3v) is 15.8. The van der Waals surface area contributed by atoms with Gasteiger partial charge in [0.2, 0.25) is 0 Å². The summed E-state index contributed by atoms with van der Waals surface area (Å²) in [4.78, 5) is 10.2. The van der Waals surface area contributed by atoms with E-state index < -0.39 is 0 Å². The third kappa shape index (κ3) is 6.29. The van der Waals surface area contributed by atoms with Crippen molar-refractivity contribution in [3.05, 3.63) is 221 Å². The lowest BCUT2D eigenvalue weighted by Crippen LogP contribution is -2.29. The van der Waals surface area contributed by atoms with Crippen LogP contribution in [0.5, 0.6) is 0 Å². The van der Waals surface area contributed by atoms with Crippen molar-refractivity contribution in [2.24, 2.45) is 11.7 Å². The molecular formula is C64H52N6. The van der Waals surface area contributed by atoms with Crippen molar-refractivity contribution in [3.8, 4) is 45.0 Å². The molecule has 4 aliphatic rings. The quantitative estimate of drug-likeness (QED) is 0.163. The van der Waals surface area contributed by atoms with E-state index in [4.69, 9.17) is 21.4 Å². The highest BCUT2D eigenvalue weighted by Crippen LogP contribution is 2.52. The van der Waals surface area contributed by atoms with Crippen molar-refractivity contribution in [1.82, 2.24) is 19.1 Å². The van der Waals surface area contributed by atoms with Crippen molar-refractivity contribution < 1.29 is 0 Å². The Morgan fingerprint density at radius 1 is 0.571 bits per heavy atom. The molecule has 0 aliphatic heterocycles. The van der Waals surface area contributed by atoms with Crippen molar-refractivity contribution >= 4 is 49.3 Å². The first-order valence-corrected chi connectivity index (χ1v) is 24.9. The predicted molar refractivity (Wildman–Crippen MR) is 290 cm³/mol. The summed E-state index contributed by atoms with van der Waals surface area (Å²) in [5.74, 6) is 2.37. The second kappa shape index (κ2) is 15.7. The van der Waals surface area contributed by atoms with Gasteiger partial charge in [-0.3, -0.25) is 9.13 Å². The summed E-state index contributed by atoms with van der Waals surface area (Å²) in [5.41, 5.74) is 37.0. The zero-order valence-corrected chi connectivity index (χ0v) is 39.5. The third-order valence-electron chi connectivity index (χ3n) is 15.8. The minimum absolute atomic E-state index is 0.0169. The highest BCUT2D eigenvalue weighted by atomic mass is 15.1. The van der Waals surface area contributed by atoms with Crippen LogP contribution in [-0.4, -0.2) is 25.1 Å². The average Bonchev–Trinajstić information content (AvgIpc) is 3.90. The molecule has 6 heteroatoms. The highest BCUT2D eigenvalue weighted by Gasteiger charge is 2.34. The van der Waals surface area contributed by atoms with Gasteiger partial charge in [-0.15, -0.1) is 0 Å². The van der Waals surface area contributed by atoms with Gasteiger partial charge in [-0.05, 0) is 191 Å². The molecule has 6 aromatic carbocycles. The van der Waals surface area contributed by atoms with E-state index in [2.05, 4.69) is 175 Å². The van der Waals surface area contributed by atoms with Gasteiger partial charge in [0.25, 0.3) is 0 Å². The fourth-order valence-electron chi connectivity index (χ4n) is 12.6. The fourth-order valence-corrected chi connectivity index (χ4v) is 12.6. The molecule has 0 fully saturated rings. The summed E-state index contributed by atoms with van der Waals surface area (Å²) >= 11 is 0. The maximum Gasteiger partial charge on any atom is 0.137 e. The molecule has 0 saturated heterocycles. The lowest BCUT2D eigenvalue weighted by atomic mass is 9.74. The summed E-state index contributed by atoms with van der Waals surface area (Å²) in [5, 5.41) is 5.15. The maximum atomic E-state index is 6.62. The molecule has 3 atom stereocenters. The average molecular weight is 905 g/mol. The molecule has 3 unspecified atom stereocenters. The number of anilines is 1. The largest absolute Gasteiger partial charge is 0.398 e. The molecule has 0 radical (unpaired) electrons. The summed E-state index contributed by atoms with van der Waals surface area (Å²) in [6.45, 7) is 4.33. The molecule has 0 spiro atoms. The molecule has 0 bridgehead atoms. The van der Waals surface area contributed by atoms with Crippen LogP contribution in [0.15, 0.2) is 182 Å². The van der Waals surface area contributed by atoms with Crippen molar-refractivity contribution in [3.63, 3.8) is 0 Å². The molecule has 0 amide bonds. The van der Waals surface area contributed by atoms with Gasteiger partial charge in [-0.25, -0.2) is 9.97 Å². The van der Waals surface area contributed by atoms with E-state index in [-0.39, 0.29) is 17.9 Å². The Hall–Kier alpha value is -8.06. The van der Waals surface area contributed by atoms with E-state index in [9.17, 15) is 0 Å². The lowest BCUT2D eigenvalue weighted by Gasteiger charge is -2.31. The first kappa shape index (κ1) is 41.0. The van der Waals surface area contributed by atoms with E-state index in [1.807, 2.05) is 24.5 Å². The van der Waals surface area contributed by atoms with Crippen LogP contribution in [0.2, 0.25) is 0 Å². The van der Waals surface area contributed by atoms with Gasteiger partial charge < -0.3 is 11.5 Å². The molecule has 4 aliphatic carbocycles. The molecule has 4 aromatic heterocycles. The second-order valence-electron chi connectivity index (χ2n) is 20.1. The van der Waals surface area contributed by atoms with Gasteiger partial charge in [-0.1, -0.05) is 91.1 Å². The molecule has 338 valence electrons. The van der Waals surface area contributed by atoms with Crippen LogP contribution in [0.1, 0.15) is 51.3 Å². The first-order valence-electron chi connectivity index (χ1n) is 24.9. The van der Waals surface area contributed by atoms with Gasteiger partial charge in [-0.2, -0.15) is 0 Å². The number of nitrogens with zero attached hydrogens (tertiary/aromatic N) is 4. The van der Waals surface area contributed by atoms with E-state index in [0.717, 1.165) is 66.1 Å². The van der Waals surface area contributed by atoms with Crippen LogP contribution in [0.4, 0.5) is 5.69 Å². The molecule has 14 rings (SSSR count). The fraction of sp³-hybridized carbons (Fsp3) is 0.156. The number of hydrogen-bond donors (Lipinski definition) is 2. The van der Waals surface area contributed by atoms with Gasteiger partial charge >= 0.3 is 0 Å². The zero-order valence-electron chi connectivity index (χ0n) is 39.5. The van der Waals surface area contributed by atoms with E-state index in [1.54, 1.807) is 0 Å². The normalized spacial score (nSPS) is 18.0. The Morgan fingerprint density at radius 3 is 1.84 bits per heavy atom. The van der Waals surface area contributed by atoms with Crippen LogP contribution >= 0.6 is 0 Å². The van der Waals surface area contributed by atoms with Gasteiger partial charge in [0.1, 0.15) is 11.6 Å². The number of fused-ring (bicyclic) bond motifs is 8. The number of allylic oxidation sites excluding steroid dienone is 5. The summed E-state index contributed by atoms with van der Waals surface area (Å²) < 4.78 is 4.93. The summed E-state index contributed by atoms with van der Waals surface area (Å²) in [7, 11) is 0. The summed E-state index contributed by atoms with van der Waals surface area (Å²) in [6, 6.07) is 44.8. The Bertz CT molecular complexity index is 3990. The van der Waals surface area contributed by atoms with Crippen molar-refractivity contribution in [2.45, 2.75) is 57.9 Å². The van der Waals surface area contributed by atoms with Gasteiger partial charge in [0.15, 0.2) is 0 Å². The molecule has 4 N–H and O–H groups in total. The van der Waals surface area contributed by atoms with Crippen molar-refractivity contribution in [2.75, 3.05) is 5.73 Å². The van der Waals surface area contributed by atoms with Crippen molar-refractivity contribution in [1.29, 1.82) is 0 Å². The Labute approximate surface area is 407 Å². The number of hydrogen-bond acceptors (Lipinski definition) is 4. The topological polar surface area (TPSA) is 87.7 Å². The number of pyridine rings is 2. The minimum Gasteiger partial charge on any atom is -0.398 e. The maximum absolute atomic E-state index is 6.62. The summed E-state index contributed by atoms with van der Waals surface area (Å²) in [6.07, 6.45) is 24.3. The minimum atomic E-state index is -0.0169. The number of rotatable bonds is 6. The van der Waals surface area contributed by atoms with E-state index in [0.29, 0.717) is 0 Å². The lowest BCUT2D eigenvalue weighted by molar-refractivity contribution is 0.649. The molecule has 0 saturated carbocycles. The highest BCUT2D eigenvalue weighted by molar-refractivity contribution is 6.16. The van der Waals surface area contributed by atoms with Crippen LogP contribution in [0, 0.1) is 19.8 Å². The number of aromatic nitrogens is 4. The first-order chi connectivity index (χ1) is 34.3. The monoisotopic (exact) mass is 904 g/mol. The van der Waals surface area contributed by atoms with Gasteiger partial charge in [0.05, 0.1) is 22.1 Å².